The van der Waals surface area contributed by atoms with Crippen molar-refractivity contribution in [2.75, 3.05) is 13.2 Å². The summed E-state index contributed by atoms with van der Waals surface area (Å²) in [5.41, 5.74) is -1.38. The van der Waals surface area contributed by atoms with Crippen LogP contribution in [0.15, 0.2) is 11.5 Å². The lowest BCUT2D eigenvalue weighted by molar-refractivity contribution is -0.296. The van der Waals surface area contributed by atoms with E-state index in [0.717, 1.165) is 0 Å². The minimum atomic E-state index is -1.38. The van der Waals surface area contributed by atoms with Crippen LogP contribution in [0.25, 0.3) is 0 Å². The molecule has 0 atom stereocenters. The molecule has 0 radical (unpaired) electrons. The van der Waals surface area contributed by atoms with Crippen LogP contribution in [0.1, 0.15) is 13.8 Å². The standard InChI is InChI=1S/C9H12O6/c1-8(2)13-3-9(4-14-8)6(11)5(10)7(12)15-9/h10-11H,3-4H2,1-2H3. The van der Waals surface area contributed by atoms with Gasteiger partial charge in [0.25, 0.3) is 0 Å². The molecule has 2 rings (SSSR count). The molecule has 1 fully saturated rings. The van der Waals surface area contributed by atoms with E-state index < -0.39 is 28.9 Å². The molecule has 1 saturated heterocycles. The second kappa shape index (κ2) is 2.86. The van der Waals surface area contributed by atoms with Crippen LogP contribution in [0.5, 0.6) is 0 Å². The summed E-state index contributed by atoms with van der Waals surface area (Å²) in [7, 11) is 0. The smallest absolute Gasteiger partial charge is 0.378 e. The summed E-state index contributed by atoms with van der Waals surface area (Å²) in [6.07, 6.45) is 0. The lowest BCUT2D eigenvalue weighted by Gasteiger charge is -2.39. The maximum atomic E-state index is 11.0. The van der Waals surface area contributed by atoms with Gasteiger partial charge in [-0.1, -0.05) is 0 Å². The van der Waals surface area contributed by atoms with Gasteiger partial charge in [-0.2, -0.15) is 0 Å². The van der Waals surface area contributed by atoms with Crippen LogP contribution >= 0.6 is 0 Å². The number of hydrogen-bond acceptors (Lipinski definition) is 6. The van der Waals surface area contributed by atoms with Crippen molar-refractivity contribution < 1.29 is 29.2 Å². The summed E-state index contributed by atoms with van der Waals surface area (Å²) in [6.45, 7) is 3.33. The van der Waals surface area contributed by atoms with Crippen LogP contribution in [0.2, 0.25) is 0 Å². The highest BCUT2D eigenvalue weighted by Crippen LogP contribution is 2.36. The largest absolute Gasteiger partial charge is 0.505 e. The zero-order chi connectivity index (χ0) is 11.3. The molecule has 0 aromatic carbocycles. The van der Waals surface area contributed by atoms with Gasteiger partial charge in [0.2, 0.25) is 11.4 Å². The highest BCUT2D eigenvalue weighted by molar-refractivity contribution is 5.89. The monoisotopic (exact) mass is 216 g/mol. The normalized spacial score (nSPS) is 28.3. The molecule has 1 spiro atoms. The second-order valence-corrected chi connectivity index (χ2v) is 4.06. The van der Waals surface area contributed by atoms with Crippen LogP contribution < -0.4 is 0 Å². The van der Waals surface area contributed by atoms with Gasteiger partial charge in [0.15, 0.2) is 11.5 Å². The van der Waals surface area contributed by atoms with Gasteiger partial charge in [0.1, 0.15) is 0 Å². The predicted molar refractivity (Wildman–Crippen MR) is 47.1 cm³/mol. The van der Waals surface area contributed by atoms with E-state index in [0.29, 0.717) is 0 Å². The molecule has 15 heavy (non-hydrogen) atoms. The topological polar surface area (TPSA) is 85.2 Å². The number of ether oxygens (including phenoxy) is 3. The minimum Gasteiger partial charge on any atom is -0.505 e. The maximum Gasteiger partial charge on any atom is 0.378 e. The van der Waals surface area contributed by atoms with E-state index in [-0.39, 0.29) is 13.2 Å². The Morgan fingerprint density at radius 3 is 2.13 bits per heavy atom. The third kappa shape index (κ3) is 1.46. The molecule has 0 unspecified atom stereocenters. The molecule has 0 aromatic heterocycles. The first-order chi connectivity index (χ1) is 6.86. The number of hydrogen-bond donors (Lipinski definition) is 2. The van der Waals surface area contributed by atoms with E-state index in [4.69, 9.17) is 19.3 Å². The fraction of sp³-hybridized carbons (Fsp3) is 0.667. The molecule has 84 valence electrons. The van der Waals surface area contributed by atoms with Gasteiger partial charge >= 0.3 is 5.97 Å². The Labute approximate surface area is 86.0 Å². The first-order valence-corrected chi connectivity index (χ1v) is 4.50. The first kappa shape index (κ1) is 10.3. The second-order valence-electron chi connectivity index (χ2n) is 4.06. The van der Waals surface area contributed by atoms with Gasteiger partial charge in [-0.15, -0.1) is 0 Å². The Hall–Kier alpha value is -1.27. The van der Waals surface area contributed by atoms with Crippen molar-refractivity contribution in [3.8, 4) is 0 Å². The van der Waals surface area contributed by atoms with Gasteiger partial charge < -0.3 is 24.4 Å². The minimum absolute atomic E-state index is 0.0400. The van der Waals surface area contributed by atoms with E-state index in [1.807, 2.05) is 0 Å². The van der Waals surface area contributed by atoms with Crippen LogP contribution in [0.3, 0.4) is 0 Å². The van der Waals surface area contributed by atoms with E-state index in [1.165, 1.54) is 0 Å². The fourth-order valence-corrected chi connectivity index (χ4v) is 1.45. The van der Waals surface area contributed by atoms with Crippen molar-refractivity contribution in [2.45, 2.75) is 25.2 Å². The first-order valence-electron chi connectivity index (χ1n) is 4.50. The lowest BCUT2D eigenvalue weighted by Crippen LogP contribution is -2.52. The molecule has 0 aliphatic carbocycles. The highest BCUT2D eigenvalue weighted by atomic mass is 16.7. The zero-order valence-corrected chi connectivity index (χ0v) is 8.44. The molecule has 2 aliphatic rings. The number of aliphatic hydroxyl groups is 2. The Bertz CT molecular complexity index is 333. The molecule has 0 saturated carbocycles. The summed E-state index contributed by atoms with van der Waals surface area (Å²) >= 11 is 0. The van der Waals surface area contributed by atoms with Crippen molar-refractivity contribution >= 4 is 5.97 Å². The Morgan fingerprint density at radius 2 is 1.73 bits per heavy atom. The van der Waals surface area contributed by atoms with Crippen molar-refractivity contribution in [1.82, 2.24) is 0 Å². The molecule has 0 amide bonds. The third-order valence-electron chi connectivity index (χ3n) is 2.44. The zero-order valence-electron chi connectivity index (χ0n) is 8.44. The van der Waals surface area contributed by atoms with Gasteiger partial charge in [-0.05, 0) is 13.8 Å². The maximum absolute atomic E-state index is 11.0. The fourth-order valence-electron chi connectivity index (χ4n) is 1.45. The predicted octanol–water partition coefficient (Wildman–Crippen LogP) is 0.392. The van der Waals surface area contributed by atoms with Crippen molar-refractivity contribution in [2.24, 2.45) is 0 Å². The number of rotatable bonds is 0. The number of aliphatic hydroxyl groups excluding tert-OH is 2. The molecule has 2 heterocycles. The molecule has 2 aliphatic heterocycles. The van der Waals surface area contributed by atoms with Crippen molar-refractivity contribution in [1.29, 1.82) is 0 Å². The van der Waals surface area contributed by atoms with Gasteiger partial charge in [-0.25, -0.2) is 4.79 Å². The molecule has 6 heteroatoms. The highest BCUT2D eigenvalue weighted by Gasteiger charge is 2.53. The van der Waals surface area contributed by atoms with E-state index in [1.54, 1.807) is 13.8 Å². The van der Waals surface area contributed by atoms with Crippen LogP contribution in [-0.4, -0.2) is 40.8 Å². The average molecular weight is 216 g/mol. The van der Waals surface area contributed by atoms with E-state index in [9.17, 15) is 9.90 Å². The Kier molecular flexibility index (Phi) is 1.96. The van der Waals surface area contributed by atoms with E-state index >= 15 is 0 Å². The van der Waals surface area contributed by atoms with E-state index in [2.05, 4.69) is 0 Å². The van der Waals surface area contributed by atoms with Gasteiger partial charge in [0.05, 0.1) is 13.2 Å². The number of carbonyl (C=O) groups is 1. The van der Waals surface area contributed by atoms with Crippen LogP contribution in [0.4, 0.5) is 0 Å². The molecular weight excluding hydrogens is 204 g/mol. The number of esters is 1. The summed E-state index contributed by atoms with van der Waals surface area (Å²) < 4.78 is 15.4. The summed E-state index contributed by atoms with van der Waals surface area (Å²) in [4.78, 5) is 11.0. The lowest BCUT2D eigenvalue weighted by atomic mass is 10.0. The quantitative estimate of drug-likeness (QED) is 0.570. The molecule has 2 N–H and O–H groups in total. The average Bonchev–Trinajstić information content (AvgIpc) is 2.38. The van der Waals surface area contributed by atoms with Crippen molar-refractivity contribution in [3.05, 3.63) is 11.5 Å². The number of carbonyl (C=O) groups excluding carboxylic acids is 1. The van der Waals surface area contributed by atoms with Crippen molar-refractivity contribution in [3.63, 3.8) is 0 Å². The summed E-state index contributed by atoms with van der Waals surface area (Å²) in [5, 5.41) is 18.7. The summed E-state index contributed by atoms with van der Waals surface area (Å²) in [5.74, 6) is -3.04. The molecule has 0 aromatic rings. The molecule has 6 nitrogen and oxygen atoms in total. The molecular formula is C9H12O6. The Balaban J connectivity index is 2.22. The third-order valence-corrected chi connectivity index (χ3v) is 2.44. The van der Waals surface area contributed by atoms with Gasteiger partial charge in [-0.3, -0.25) is 0 Å². The summed E-state index contributed by atoms with van der Waals surface area (Å²) in [6, 6.07) is 0. The SMILES string of the molecule is CC1(C)OCC2(CO1)OC(=O)C(O)=C2O. The van der Waals surface area contributed by atoms with Crippen LogP contribution in [0, 0.1) is 0 Å². The molecule has 0 bridgehead atoms. The van der Waals surface area contributed by atoms with Gasteiger partial charge in [0, 0.05) is 0 Å². The Morgan fingerprint density at radius 1 is 1.20 bits per heavy atom. The van der Waals surface area contributed by atoms with Crippen LogP contribution in [-0.2, 0) is 19.0 Å².